The molecule has 0 saturated heterocycles. The van der Waals surface area contributed by atoms with Gasteiger partial charge in [0.1, 0.15) is 12.9 Å². The van der Waals surface area contributed by atoms with Crippen LogP contribution in [0.1, 0.15) is 155 Å². The van der Waals surface area contributed by atoms with Crippen LogP contribution in [0.2, 0.25) is 0 Å². The quantitative estimate of drug-likeness (QED) is 0.0526. The Morgan fingerprint density at radius 2 is 1.06 bits per heavy atom. The summed E-state index contributed by atoms with van der Waals surface area (Å²) in [6.45, 7) is 6.23. The molecule has 0 aromatic heterocycles. The van der Waals surface area contributed by atoms with Crippen LogP contribution < -0.4 is 0 Å². The first-order valence-electron chi connectivity index (χ1n) is 14.5. The number of ether oxygens (including phenoxy) is 1. The highest BCUT2D eigenvalue weighted by Crippen LogP contribution is 2.21. The van der Waals surface area contributed by atoms with Crippen LogP contribution in [0.4, 0.5) is 0 Å². The van der Waals surface area contributed by atoms with E-state index in [1.807, 2.05) is 0 Å². The van der Waals surface area contributed by atoms with E-state index in [2.05, 4.69) is 13.5 Å². The standard InChI is InChI=1S/C30H56O3/c1-3-5-6-19-22-25-29(30(32)33-28-4-2)26-23-20-17-15-13-11-9-7-8-10-12-14-16-18-21-24-27-31/h4,27,29H,2-3,5-26,28H2,1H3. The van der Waals surface area contributed by atoms with E-state index in [9.17, 15) is 9.59 Å². The minimum absolute atomic E-state index is 0.0108. The third kappa shape index (κ3) is 23.8. The van der Waals surface area contributed by atoms with Crippen LogP contribution in [0.25, 0.3) is 0 Å². The lowest BCUT2D eigenvalue weighted by atomic mass is 9.94. The maximum absolute atomic E-state index is 12.3. The number of carbonyl (C=O) groups excluding carboxylic acids is 2. The number of rotatable bonds is 27. The molecule has 0 bridgehead atoms. The van der Waals surface area contributed by atoms with E-state index < -0.39 is 0 Å². The molecule has 33 heavy (non-hydrogen) atoms. The number of unbranched alkanes of at least 4 members (excludes halogenated alkanes) is 19. The zero-order valence-electron chi connectivity index (χ0n) is 22.1. The highest BCUT2D eigenvalue weighted by Gasteiger charge is 2.18. The van der Waals surface area contributed by atoms with Crippen LogP contribution >= 0.6 is 0 Å². The van der Waals surface area contributed by atoms with E-state index in [1.165, 1.54) is 109 Å². The molecular weight excluding hydrogens is 408 g/mol. The fourth-order valence-electron chi connectivity index (χ4n) is 4.55. The van der Waals surface area contributed by atoms with Crippen LogP contribution in [-0.2, 0) is 14.3 Å². The van der Waals surface area contributed by atoms with Gasteiger partial charge < -0.3 is 9.53 Å². The number of aldehydes is 1. The van der Waals surface area contributed by atoms with Crippen molar-refractivity contribution in [2.24, 2.45) is 5.92 Å². The lowest BCUT2D eigenvalue weighted by Gasteiger charge is -2.15. The Balaban J connectivity index is 3.58. The molecule has 0 amide bonds. The topological polar surface area (TPSA) is 43.4 Å². The zero-order chi connectivity index (χ0) is 24.2. The van der Waals surface area contributed by atoms with Crippen LogP contribution in [0.5, 0.6) is 0 Å². The average molecular weight is 465 g/mol. The molecule has 1 atom stereocenters. The van der Waals surface area contributed by atoms with Crippen molar-refractivity contribution in [3.05, 3.63) is 12.7 Å². The molecule has 0 rings (SSSR count). The summed E-state index contributed by atoms with van der Waals surface area (Å²) in [7, 11) is 0. The van der Waals surface area contributed by atoms with Gasteiger partial charge in [-0.2, -0.15) is 0 Å². The van der Waals surface area contributed by atoms with E-state index in [1.54, 1.807) is 6.08 Å². The summed E-state index contributed by atoms with van der Waals surface area (Å²) in [4.78, 5) is 22.6. The number of hydrogen-bond acceptors (Lipinski definition) is 3. The number of carbonyl (C=O) groups is 2. The molecule has 194 valence electrons. The summed E-state index contributed by atoms with van der Waals surface area (Å²) in [5, 5.41) is 0. The Labute approximate surface area is 206 Å². The van der Waals surface area contributed by atoms with Gasteiger partial charge in [0.2, 0.25) is 0 Å². The molecule has 0 aromatic rings. The second-order valence-corrected chi connectivity index (χ2v) is 9.87. The molecule has 0 spiro atoms. The van der Waals surface area contributed by atoms with Crippen molar-refractivity contribution >= 4 is 12.3 Å². The monoisotopic (exact) mass is 464 g/mol. The first-order valence-corrected chi connectivity index (χ1v) is 14.5. The van der Waals surface area contributed by atoms with Crippen molar-refractivity contribution in [3.63, 3.8) is 0 Å². The molecule has 0 aliphatic carbocycles. The van der Waals surface area contributed by atoms with Crippen molar-refractivity contribution in [1.82, 2.24) is 0 Å². The van der Waals surface area contributed by atoms with Gasteiger partial charge in [-0.1, -0.05) is 142 Å². The summed E-state index contributed by atoms with van der Waals surface area (Å²) in [5.74, 6) is 0.0752. The van der Waals surface area contributed by atoms with Crippen LogP contribution in [0, 0.1) is 5.92 Å². The van der Waals surface area contributed by atoms with Crippen LogP contribution in [0.3, 0.4) is 0 Å². The predicted molar refractivity (Wildman–Crippen MR) is 143 cm³/mol. The largest absolute Gasteiger partial charge is 0.461 e. The Morgan fingerprint density at radius 3 is 1.45 bits per heavy atom. The average Bonchev–Trinajstić information content (AvgIpc) is 2.82. The number of esters is 1. The smallest absolute Gasteiger partial charge is 0.309 e. The first kappa shape index (κ1) is 31.9. The molecule has 1 unspecified atom stereocenters. The normalized spacial score (nSPS) is 11.9. The van der Waals surface area contributed by atoms with Gasteiger partial charge in [0, 0.05) is 6.42 Å². The molecule has 0 fully saturated rings. The molecule has 0 aromatic carbocycles. The molecule has 0 radical (unpaired) electrons. The van der Waals surface area contributed by atoms with E-state index in [0.717, 1.165) is 44.8 Å². The Bertz CT molecular complexity index is 432. The molecule has 0 N–H and O–H groups in total. The van der Waals surface area contributed by atoms with Gasteiger partial charge in [0.15, 0.2) is 0 Å². The second kappa shape index (κ2) is 27.1. The van der Waals surface area contributed by atoms with E-state index >= 15 is 0 Å². The summed E-state index contributed by atoms with van der Waals surface area (Å²) in [6.07, 6.45) is 31.2. The van der Waals surface area contributed by atoms with Crippen molar-refractivity contribution in [2.45, 2.75) is 155 Å². The maximum atomic E-state index is 12.3. The minimum Gasteiger partial charge on any atom is -0.461 e. The van der Waals surface area contributed by atoms with Gasteiger partial charge in [-0.3, -0.25) is 4.79 Å². The summed E-state index contributed by atoms with van der Waals surface area (Å²) in [6, 6.07) is 0. The summed E-state index contributed by atoms with van der Waals surface area (Å²) < 4.78 is 5.35. The summed E-state index contributed by atoms with van der Waals surface area (Å²) >= 11 is 0. The highest BCUT2D eigenvalue weighted by atomic mass is 16.5. The second-order valence-electron chi connectivity index (χ2n) is 9.87. The van der Waals surface area contributed by atoms with Crippen LogP contribution in [0.15, 0.2) is 12.7 Å². The zero-order valence-corrected chi connectivity index (χ0v) is 22.1. The van der Waals surface area contributed by atoms with Gasteiger partial charge in [0.25, 0.3) is 0 Å². The van der Waals surface area contributed by atoms with Crippen molar-refractivity contribution < 1.29 is 14.3 Å². The van der Waals surface area contributed by atoms with Gasteiger partial charge in [-0.05, 0) is 19.3 Å². The third-order valence-corrected chi connectivity index (χ3v) is 6.71. The lowest BCUT2D eigenvalue weighted by molar-refractivity contribution is -0.147. The van der Waals surface area contributed by atoms with Gasteiger partial charge >= 0.3 is 5.97 Å². The molecular formula is C30H56O3. The van der Waals surface area contributed by atoms with Crippen molar-refractivity contribution in [3.8, 4) is 0 Å². The lowest BCUT2D eigenvalue weighted by Crippen LogP contribution is -2.18. The fraction of sp³-hybridized carbons (Fsp3) is 0.867. The maximum Gasteiger partial charge on any atom is 0.309 e. The van der Waals surface area contributed by atoms with Gasteiger partial charge in [-0.25, -0.2) is 0 Å². The van der Waals surface area contributed by atoms with Gasteiger partial charge in [-0.15, -0.1) is 0 Å². The highest BCUT2D eigenvalue weighted by molar-refractivity contribution is 5.72. The molecule has 3 heteroatoms. The Kier molecular flexibility index (Phi) is 26.2. The first-order chi connectivity index (χ1) is 16.3. The molecule has 0 saturated carbocycles. The van der Waals surface area contributed by atoms with Crippen molar-refractivity contribution in [2.75, 3.05) is 6.61 Å². The van der Waals surface area contributed by atoms with Crippen LogP contribution in [-0.4, -0.2) is 18.9 Å². The minimum atomic E-state index is -0.0108. The Morgan fingerprint density at radius 1 is 0.667 bits per heavy atom. The van der Waals surface area contributed by atoms with Crippen molar-refractivity contribution in [1.29, 1.82) is 0 Å². The third-order valence-electron chi connectivity index (χ3n) is 6.71. The Hall–Kier alpha value is -1.12. The molecule has 3 nitrogen and oxygen atoms in total. The van der Waals surface area contributed by atoms with E-state index in [-0.39, 0.29) is 11.9 Å². The predicted octanol–water partition coefficient (Wildman–Crippen LogP) is 9.52. The molecule has 0 aliphatic rings. The fourth-order valence-corrected chi connectivity index (χ4v) is 4.55. The number of hydrogen-bond donors (Lipinski definition) is 0. The summed E-state index contributed by atoms with van der Waals surface area (Å²) in [5.41, 5.74) is 0. The molecule has 0 aliphatic heterocycles. The SMILES string of the molecule is C=CCOC(=O)C(CCCCCCC)CCCCCCCCCCCCCCCCCC=O. The van der Waals surface area contributed by atoms with E-state index in [4.69, 9.17) is 4.74 Å². The van der Waals surface area contributed by atoms with Gasteiger partial charge in [0.05, 0.1) is 5.92 Å². The van der Waals surface area contributed by atoms with E-state index in [0.29, 0.717) is 6.61 Å². The molecule has 0 heterocycles.